The highest BCUT2D eigenvalue weighted by Crippen LogP contribution is 2.17. The molecular formula is C13H17N3O3. The third-order valence-corrected chi connectivity index (χ3v) is 3.20. The Hall–Kier alpha value is -2.08. The van der Waals surface area contributed by atoms with Crippen LogP contribution in [0.2, 0.25) is 0 Å². The van der Waals surface area contributed by atoms with E-state index in [9.17, 15) is 4.79 Å². The first-order valence-corrected chi connectivity index (χ1v) is 6.03. The molecule has 0 saturated heterocycles. The van der Waals surface area contributed by atoms with Crippen LogP contribution in [0.4, 0.5) is 0 Å². The molecule has 0 aliphatic rings. The lowest BCUT2D eigenvalue weighted by atomic mass is 10.2. The van der Waals surface area contributed by atoms with Gasteiger partial charge in [-0.1, -0.05) is 0 Å². The molecule has 2 heterocycles. The molecule has 0 bridgehead atoms. The second kappa shape index (κ2) is 5.27. The first-order chi connectivity index (χ1) is 8.99. The van der Waals surface area contributed by atoms with Gasteiger partial charge in [0.1, 0.15) is 5.76 Å². The zero-order valence-electron chi connectivity index (χ0n) is 11.2. The Morgan fingerprint density at radius 3 is 2.84 bits per heavy atom. The van der Waals surface area contributed by atoms with Gasteiger partial charge in [-0.2, -0.15) is 5.10 Å². The first kappa shape index (κ1) is 13.4. The number of aromatic carboxylic acids is 1. The molecule has 2 aromatic rings. The summed E-state index contributed by atoms with van der Waals surface area (Å²) in [7, 11) is 1.90. The van der Waals surface area contributed by atoms with E-state index in [2.05, 4.69) is 10.4 Å². The van der Waals surface area contributed by atoms with Crippen molar-refractivity contribution in [2.45, 2.75) is 26.4 Å². The smallest absolute Gasteiger partial charge is 0.371 e. The second-order valence-corrected chi connectivity index (χ2v) is 4.49. The molecule has 0 aliphatic heterocycles. The molecule has 0 fully saturated rings. The maximum Gasteiger partial charge on any atom is 0.371 e. The van der Waals surface area contributed by atoms with E-state index < -0.39 is 5.97 Å². The quantitative estimate of drug-likeness (QED) is 0.860. The summed E-state index contributed by atoms with van der Waals surface area (Å²) in [5, 5.41) is 16.3. The Labute approximate surface area is 111 Å². The van der Waals surface area contributed by atoms with E-state index in [0.717, 1.165) is 11.3 Å². The van der Waals surface area contributed by atoms with Crippen molar-refractivity contribution in [1.82, 2.24) is 15.1 Å². The van der Waals surface area contributed by atoms with Crippen LogP contribution in [0.5, 0.6) is 0 Å². The number of nitrogens with one attached hydrogen (secondary N) is 1. The zero-order chi connectivity index (χ0) is 14.0. The summed E-state index contributed by atoms with van der Waals surface area (Å²) >= 11 is 0. The number of furan rings is 1. The van der Waals surface area contributed by atoms with Gasteiger partial charge in [0.05, 0.1) is 12.2 Å². The third kappa shape index (κ3) is 2.85. The fourth-order valence-corrected chi connectivity index (χ4v) is 1.78. The molecule has 0 aliphatic carbocycles. The monoisotopic (exact) mass is 263 g/mol. The van der Waals surface area contributed by atoms with Crippen molar-refractivity contribution in [1.29, 1.82) is 0 Å². The van der Waals surface area contributed by atoms with Gasteiger partial charge in [-0.05, 0) is 26.0 Å². The van der Waals surface area contributed by atoms with Crippen molar-refractivity contribution in [2.24, 2.45) is 7.05 Å². The Morgan fingerprint density at radius 1 is 1.58 bits per heavy atom. The normalized spacial score (nSPS) is 12.6. The molecule has 1 unspecified atom stereocenters. The van der Waals surface area contributed by atoms with E-state index in [1.165, 1.54) is 6.07 Å². The SMILES string of the molecule is Cc1c(CNC(C)c2ccc(C(=O)O)o2)cnn1C. The van der Waals surface area contributed by atoms with Crippen molar-refractivity contribution >= 4 is 5.97 Å². The van der Waals surface area contributed by atoms with E-state index in [1.54, 1.807) is 6.07 Å². The van der Waals surface area contributed by atoms with Crippen molar-refractivity contribution in [3.8, 4) is 0 Å². The summed E-state index contributed by atoms with van der Waals surface area (Å²) in [5.41, 5.74) is 2.21. The van der Waals surface area contributed by atoms with Gasteiger partial charge in [0, 0.05) is 24.8 Å². The summed E-state index contributed by atoms with van der Waals surface area (Å²) in [4.78, 5) is 10.7. The molecule has 2 aromatic heterocycles. The molecule has 0 amide bonds. The van der Waals surface area contributed by atoms with Gasteiger partial charge in [-0.15, -0.1) is 0 Å². The van der Waals surface area contributed by atoms with E-state index in [-0.39, 0.29) is 11.8 Å². The number of rotatable bonds is 5. The number of nitrogens with zero attached hydrogens (tertiary/aromatic N) is 2. The number of aryl methyl sites for hydroxylation is 1. The molecule has 19 heavy (non-hydrogen) atoms. The summed E-state index contributed by atoms with van der Waals surface area (Å²) in [6, 6.07) is 3.08. The highest BCUT2D eigenvalue weighted by molar-refractivity contribution is 5.84. The number of carboxylic acids is 1. The minimum Gasteiger partial charge on any atom is -0.475 e. The van der Waals surface area contributed by atoms with Crippen LogP contribution in [0, 0.1) is 6.92 Å². The van der Waals surface area contributed by atoms with Crippen LogP contribution < -0.4 is 5.32 Å². The largest absolute Gasteiger partial charge is 0.475 e. The van der Waals surface area contributed by atoms with E-state index in [0.29, 0.717) is 12.3 Å². The Bertz CT molecular complexity index is 586. The maximum atomic E-state index is 10.7. The van der Waals surface area contributed by atoms with Crippen LogP contribution >= 0.6 is 0 Å². The molecule has 0 radical (unpaired) electrons. The van der Waals surface area contributed by atoms with Crippen LogP contribution in [0.3, 0.4) is 0 Å². The van der Waals surface area contributed by atoms with Gasteiger partial charge in [-0.3, -0.25) is 4.68 Å². The number of hydrogen-bond donors (Lipinski definition) is 2. The first-order valence-electron chi connectivity index (χ1n) is 6.03. The molecule has 102 valence electrons. The Balaban J connectivity index is 1.99. The standard InChI is InChI=1S/C13H17N3O3/c1-8(11-4-5-12(19-11)13(17)18)14-6-10-7-15-16(3)9(10)2/h4-5,7-8,14H,6H2,1-3H3,(H,17,18). The highest BCUT2D eigenvalue weighted by atomic mass is 16.4. The van der Waals surface area contributed by atoms with Crippen molar-refractivity contribution in [3.05, 3.63) is 41.1 Å². The minimum atomic E-state index is -1.05. The number of carboxylic acid groups (broad SMARTS) is 1. The van der Waals surface area contributed by atoms with Crippen molar-refractivity contribution in [3.63, 3.8) is 0 Å². The van der Waals surface area contributed by atoms with E-state index in [1.807, 2.05) is 31.8 Å². The predicted octanol–water partition coefficient (Wildman–Crippen LogP) is 1.87. The van der Waals surface area contributed by atoms with Crippen LogP contribution in [-0.2, 0) is 13.6 Å². The van der Waals surface area contributed by atoms with Crippen LogP contribution in [0.15, 0.2) is 22.7 Å². The molecule has 0 aromatic carbocycles. The Morgan fingerprint density at radius 2 is 2.32 bits per heavy atom. The average Bonchev–Trinajstić information content (AvgIpc) is 2.97. The summed E-state index contributed by atoms with van der Waals surface area (Å²) in [5.74, 6) is -0.485. The molecule has 1 atom stereocenters. The number of carbonyl (C=O) groups is 1. The molecule has 2 N–H and O–H groups in total. The molecule has 0 spiro atoms. The van der Waals surface area contributed by atoms with Crippen LogP contribution in [0.1, 0.15) is 40.5 Å². The fraction of sp³-hybridized carbons (Fsp3) is 0.385. The van der Waals surface area contributed by atoms with Gasteiger partial charge in [0.2, 0.25) is 5.76 Å². The molecule has 0 saturated carbocycles. The Kier molecular flexibility index (Phi) is 3.71. The van der Waals surface area contributed by atoms with Crippen molar-refractivity contribution in [2.75, 3.05) is 0 Å². The van der Waals surface area contributed by atoms with E-state index in [4.69, 9.17) is 9.52 Å². The molecule has 2 rings (SSSR count). The highest BCUT2D eigenvalue weighted by Gasteiger charge is 2.14. The zero-order valence-corrected chi connectivity index (χ0v) is 11.2. The fourth-order valence-electron chi connectivity index (χ4n) is 1.78. The summed E-state index contributed by atoms with van der Waals surface area (Å²) in [6.07, 6.45) is 1.82. The number of aromatic nitrogens is 2. The second-order valence-electron chi connectivity index (χ2n) is 4.49. The van der Waals surface area contributed by atoms with Gasteiger partial charge in [-0.25, -0.2) is 4.79 Å². The van der Waals surface area contributed by atoms with Gasteiger partial charge >= 0.3 is 5.97 Å². The lowest BCUT2D eigenvalue weighted by Crippen LogP contribution is -2.18. The average molecular weight is 263 g/mol. The third-order valence-electron chi connectivity index (χ3n) is 3.20. The minimum absolute atomic E-state index is 0.0405. The maximum absolute atomic E-state index is 10.7. The lowest BCUT2D eigenvalue weighted by molar-refractivity contribution is 0.0659. The lowest BCUT2D eigenvalue weighted by Gasteiger charge is -2.10. The molecule has 6 nitrogen and oxygen atoms in total. The van der Waals surface area contributed by atoms with E-state index >= 15 is 0 Å². The van der Waals surface area contributed by atoms with Gasteiger partial charge in [0.25, 0.3) is 0 Å². The van der Waals surface area contributed by atoms with Crippen molar-refractivity contribution < 1.29 is 14.3 Å². The summed E-state index contributed by atoms with van der Waals surface area (Å²) in [6.45, 7) is 4.59. The predicted molar refractivity (Wildman–Crippen MR) is 68.9 cm³/mol. The molecular weight excluding hydrogens is 246 g/mol. The number of hydrogen-bond acceptors (Lipinski definition) is 4. The summed E-state index contributed by atoms with van der Waals surface area (Å²) < 4.78 is 7.06. The van der Waals surface area contributed by atoms with Crippen LogP contribution in [-0.4, -0.2) is 20.9 Å². The van der Waals surface area contributed by atoms with Gasteiger partial charge in [0.15, 0.2) is 0 Å². The van der Waals surface area contributed by atoms with Gasteiger partial charge < -0.3 is 14.8 Å². The topological polar surface area (TPSA) is 80.3 Å². The van der Waals surface area contributed by atoms with Crippen LogP contribution in [0.25, 0.3) is 0 Å². The molecule has 6 heteroatoms.